The van der Waals surface area contributed by atoms with Crippen molar-refractivity contribution in [2.75, 3.05) is 32.7 Å². The molecule has 0 radical (unpaired) electrons. The Kier molecular flexibility index (Phi) is 11.7. The number of halogens is 1. The molecule has 2 heterocycles. The van der Waals surface area contributed by atoms with Gasteiger partial charge in [-0.05, 0) is 62.6 Å². The fraction of sp³-hybridized carbons (Fsp3) is 0.737. The predicted octanol–water partition coefficient (Wildman–Crippen LogP) is 4.18. The summed E-state index contributed by atoms with van der Waals surface area (Å²) in [5, 5.41) is 9.00. The third-order valence-corrected chi connectivity index (χ3v) is 5.39. The number of piperidine rings is 1. The Labute approximate surface area is 174 Å². The smallest absolute Gasteiger partial charge is 0.191 e. The minimum Gasteiger partial charge on any atom is -0.357 e. The summed E-state index contributed by atoms with van der Waals surface area (Å²) in [5.74, 6) is 2.44. The Morgan fingerprint density at radius 1 is 1.32 bits per heavy atom. The second kappa shape index (κ2) is 12.9. The highest BCUT2D eigenvalue weighted by Gasteiger charge is 2.19. The number of hydrogen-bond donors (Lipinski definition) is 2. The molecule has 0 saturated carbocycles. The molecule has 144 valence electrons. The van der Waals surface area contributed by atoms with E-state index in [-0.39, 0.29) is 24.0 Å². The van der Waals surface area contributed by atoms with E-state index >= 15 is 0 Å². The Bertz CT molecular complexity index is 468. The molecule has 1 fully saturated rings. The van der Waals surface area contributed by atoms with Gasteiger partial charge in [-0.15, -0.1) is 35.3 Å². The van der Waals surface area contributed by atoms with E-state index in [9.17, 15) is 0 Å². The van der Waals surface area contributed by atoms with Crippen LogP contribution in [0.25, 0.3) is 0 Å². The third-order valence-electron chi connectivity index (χ3n) is 4.53. The van der Waals surface area contributed by atoms with Gasteiger partial charge >= 0.3 is 0 Å². The molecule has 0 aromatic carbocycles. The molecular weight excluding hydrogens is 443 g/mol. The molecule has 0 atom stereocenters. The predicted molar refractivity (Wildman–Crippen MR) is 121 cm³/mol. The van der Waals surface area contributed by atoms with E-state index in [4.69, 9.17) is 4.99 Å². The molecule has 1 aromatic heterocycles. The highest BCUT2D eigenvalue weighted by molar-refractivity contribution is 14.0. The largest absolute Gasteiger partial charge is 0.357 e. The quantitative estimate of drug-likeness (QED) is 0.335. The second-order valence-electron chi connectivity index (χ2n) is 7.13. The average molecular weight is 478 g/mol. The van der Waals surface area contributed by atoms with Crippen LogP contribution >= 0.6 is 35.3 Å². The average Bonchev–Trinajstić information content (AvgIpc) is 3.06. The molecule has 0 bridgehead atoms. The van der Waals surface area contributed by atoms with Gasteiger partial charge in [-0.1, -0.05) is 19.9 Å². The highest BCUT2D eigenvalue weighted by Crippen LogP contribution is 2.20. The minimum absolute atomic E-state index is 0. The van der Waals surface area contributed by atoms with Crippen molar-refractivity contribution in [1.82, 2.24) is 15.5 Å². The van der Waals surface area contributed by atoms with E-state index in [0.717, 1.165) is 44.0 Å². The lowest BCUT2D eigenvalue weighted by Gasteiger charge is -2.31. The molecule has 25 heavy (non-hydrogen) atoms. The number of nitrogens with zero attached hydrogens (tertiary/aromatic N) is 2. The van der Waals surface area contributed by atoms with Gasteiger partial charge in [-0.25, -0.2) is 0 Å². The lowest BCUT2D eigenvalue weighted by molar-refractivity contribution is 0.182. The number of rotatable bonds is 8. The zero-order valence-electron chi connectivity index (χ0n) is 16.0. The van der Waals surface area contributed by atoms with Crippen molar-refractivity contribution >= 4 is 41.3 Å². The van der Waals surface area contributed by atoms with Gasteiger partial charge in [0.2, 0.25) is 0 Å². The van der Waals surface area contributed by atoms with Crippen molar-refractivity contribution in [1.29, 1.82) is 0 Å². The standard InChI is InChI=1S/C19H34N4S.HI/c1-4-20-19(21-10-7-16(2)3)22-14-17-8-11-23(12-9-17)15-18-6-5-13-24-18;/h5-6,13,16-17H,4,7-12,14-15H2,1-3H3,(H2,20,21,22);1H. The summed E-state index contributed by atoms with van der Waals surface area (Å²) in [6.07, 6.45) is 3.71. The topological polar surface area (TPSA) is 39.7 Å². The number of hydrogen-bond acceptors (Lipinski definition) is 3. The summed E-state index contributed by atoms with van der Waals surface area (Å²) in [5.41, 5.74) is 0. The van der Waals surface area contributed by atoms with Crippen LogP contribution in [-0.4, -0.2) is 43.6 Å². The summed E-state index contributed by atoms with van der Waals surface area (Å²) in [6, 6.07) is 4.39. The first-order valence-corrected chi connectivity index (χ1v) is 10.3. The molecule has 4 nitrogen and oxygen atoms in total. The maximum Gasteiger partial charge on any atom is 0.191 e. The Hall–Kier alpha value is -0.340. The first kappa shape index (κ1) is 22.7. The molecule has 6 heteroatoms. The van der Waals surface area contributed by atoms with E-state index in [1.807, 2.05) is 11.3 Å². The van der Waals surface area contributed by atoms with Crippen LogP contribution < -0.4 is 10.6 Å². The maximum atomic E-state index is 4.81. The highest BCUT2D eigenvalue weighted by atomic mass is 127. The first-order valence-electron chi connectivity index (χ1n) is 9.44. The number of thiophene rings is 1. The minimum atomic E-state index is 0. The third kappa shape index (κ3) is 9.24. The van der Waals surface area contributed by atoms with Gasteiger partial charge in [0.1, 0.15) is 0 Å². The lowest BCUT2D eigenvalue weighted by Crippen LogP contribution is -2.39. The van der Waals surface area contributed by atoms with Crippen molar-refractivity contribution in [3.63, 3.8) is 0 Å². The van der Waals surface area contributed by atoms with E-state index in [1.165, 1.54) is 37.2 Å². The monoisotopic (exact) mass is 478 g/mol. The van der Waals surface area contributed by atoms with Gasteiger partial charge in [-0.2, -0.15) is 0 Å². The summed E-state index contributed by atoms with van der Waals surface area (Å²) in [7, 11) is 0. The van der Waals surface area contributed by atoms with Crippen LogP contribution in [0.2, 0.25) is 0 Å². The van der Waals surface area contributed by atoms with E-state index < -0.39 is 0 Å². The zero-order chi connectivity index (χ0) is 17.2. The van der Waals surface area contributed by atoms with E-state index in [0.29, 0.717) is 0 Å². The summed E-state index contributed by atoms with van der Waals surface area (Å²) >= 11 is 1.87. The van der Waals surface area contributed by atoms with Gasteiger partial charge in [0.15, 0.2) is 5.96 Å². The zero-order valence-corrected chi connectivity index (χ0v) is 19.1. The summed E-state index contributed by atoms with van der Waals surface area (Å²) in [4.78, 5) is 8.88. The number of nitrogens with one attached hydrogen (secondary N) is 2. The van der Waals surface area contributed by atoms with Gasteiger partial charge in [-0.3, -0.25) is 9.89 Å². The maximum absolute atomic E-state index is 4.81. The van der Waals surface area contributed by atoms with Crippen LogP contribution in [0.4, 0.5) is 0 Å². The molecule has 0 aliphatic carbocycles. The molecule has 1 saturated heterocycles. The van der Waals surface area contributed by atoms with Gasteiger partial charge in [0.05, 0.1) is 0 Å². The fourth-order valence-electron chi connectivity index (χ4n) is 2.99. The first-order chi connectivity index (χ1) is 11.7. The van der Waals surface area contributed by atoms with Crippen LogP contribution in [0, 0.1) is 11.8 Å². The van der Waals surface area contributed by atoms with Gasteiger partial charge in [0, 0.05) is 31.1 Å². The molecular formula is C19H35IN4S. The number of likely N-dealkylation sites (tertiary alicyclic amines) is 1. The molecule has 1 aliphatic heterocycles. The second-order valence-corrected chi connectivity index (χ2v) is 8.16. The van der Waals surface area contributed by atoms with Crippen LogP contribution in [-0.2, 0) is 6.54 Å². The molecule has 0 amide bonds. The Balaban J connectivity index is 0.00000312. The summed E-state index contributed by atoms with van der Waals surface area (Å²) in [6.45, 7) is 13.0. The van der Waals surface area contributed by atoms with Crippen LogP contribution in [0.1, 0.15) is 44.9 Å². The SMILES string of the molecule is CCNC(=NCC1CCN(Cc2cccs2)CC1)NCCC(C)C.I. The fourth-order valence-corrected chi connectivity index (χ4v) is 3.74. The van der Waals surface area contributed by atoms with Crippen molar-refractivity contribution < 1.29 is 0 Å². The Morgan fingerprint density at radius 3 is 2.68 bits per heavy atom. The molecule has 2 rings (SSSR count). The van der Waals surface area contributed by atoms with E-state index in [2.05, 4.69) is 53.8 Å². The molecule has 1 aromatic rings. The van der Waals surface area contributed by atoms with Gasteiger partial charge < -0.3 is 10.6 Å². The van der Waals surface area contributed by atoms with Crippen molar-refractivity contribution in [2.24, 2.45) is 16.8 Å². The molecule has 0 spiro atoms. The lowest BCUT2D eigenvalue weighted by atomic mass is 9.97. The molecule has 0 unspecified atom stereocenters. The normalized spacial score (nSPS) is 16.7. The van der Waals surface area contributed by atoms with Gasteiger partial charge in [0.25, 0.3) is 0 Å². The number of aliphatic imine (C=N–C) groups is 1. The number of guanidine groups is 1. The van der Waals surface area contributed by atoms with Crippen LogP contribution in [0.5, 0.6) is 0 Å². The van der Waals surface area contributed by atoms with Crippen molar-refractivity contribution in [2.45, 2.75) is 46.6 Å². The van der Waals surface area contributed by atoms with Crippen LogP contribution in [0.3, 0.4) is 0 Å². The van der Waals surface area contributed by atoms with Crippen molar-refractivity contribution in [3.05, 3.63) is 22.4 Å². The van der Waals surface area contributed by atoms with Crippen molar-refractivity contribution in [3.8, 4) is 0 Å². The molecule has 2 N–H and O–H groups in total. The summed E-state index contributed by atoms with van der Waals surface area (Å²) < 4.78 is 0. The van der Waals surface area contributed by atoms with Crippen LogP contribution in [0.15, 0.2) is 22.5 Å². The van der Waals surface area contributed by atoms with E-state index in [1.54, 1.807) is 0 Å². The Morgan fingerprint density at radius 2 is 2.08 bits per heavy atom. The molecule has 1 aliphatic rings.